The minimum absolute atomic E-state index is 0.311. The molecule has 0 amide bonds. The lowest BCUT2D eigenvalue weighted by atomic mass is 10.2. The van der Waals surface area contributed by atoms with Gasteiger partial charge in [-0.05, 0) is 35.9 Å². The molecule has 0 N–H and O–H groups in total. The first-order chi connectivity index (χ1) is 9.72. The Hall–Kier alpha value is -2.20. The number of rotatable bonds is 2. The van der Waals surface area contributed by atoms with Crippen molar-refractivity contribution in [3.8, 4) is 0 Å². The van der Waals surface area contributed by atoms with E-state index in [2.05, 4.69) is 20.9 Å². The van der Waals surface area contributed by atoms with Gasteiger partial charge in [0.15, 0.2) is 5.70 Å². The molecule has 0 bridgehead atoms. The first-order valence-electron chi connectivity index (χ1n) is 6.06. The maximum Gasteiger partial charge on any atom is 0.363 e. The van der Waals surface area contributed by atoms with Gasteiger partial charge >= 0.3 is 5.97 Å². The molecular weight excluding hydrogens is 318 g/mol. The number of benzene rings is 2. The number of hydrogen-bond acceptors (Lipinski definition) is 3. The van der Waals surface area contributed by atoms with Gasteiger partial charge in [-0.15, -0.1) is 0 Å². The summed E-state index contributed by atoms with van der Waals surface area (Å²) < 4.78 is 6.18. The Labute approximate surface area is 124 Å². The number of carbonyl (C=O) groups is 1. The van der Waals surface area contributed by atoms with Crippen molar-refractivity contribution in [2.45, 2.75) is 0 Å². The van der Waals surface area contributed by atoms with Crippen molar-refractivity contribution >= 4 is 33.9 Å². The molecule has 0 unspecified atom stereocenters. The van der Waals surface area contributed by atoms with Crippen LogP contribution in [0, 0.1) is 0 Å². The van der Waals surface area contributed by atoms with Crippen molar-refractivity contribution in [2.75, 3.05) is 0 Å². The Balaban J connectivity index is 1.92. The fourth-order valence-corrected chi connectivity index (χ4v) is 2.09. The summed E-state index contributed by atoms with van der Waals surface area (Å²) in [5, 5.41) is 0. The van der Waals surface area contributed by atoms with Gasteiger partial charge in [0.2, 0.25) is 5.90 Å². The van der Waals surface area contributed by atoms with Crippen LogP contribution >= 0.6 is 15.9 Å². The van der Waals surface area contributed by atoms with E-state index >= 15 is 0 Å². The van der Waals surface area contributed by atoms with Crippen molar-refractivity contribution < 1.29 is 9.53 Å². The monoisotopic (exact) mass is 327 g/mol. The summed E-state index contributed by atoms with van der Waals surface area (Å²) in [6, 6.07) is 17.0. The van der Waals surface area contributed by atoms with Gasteiger partial charge in [-0.25, -0.2) is 9.79 Å². The smallest absolute Gasteiger partial charge is 0.363 e. The fourth-order valence-electron chi connectivity index (χ4n) is 1.83. The topological polar surface area (TPSA) is 38.7 Å². The standard InChI is InChI=1S/C16H10BrNO2/c17-13-8-6-11(7-9-13)10-14-16(19)20-15(18-14)12-4-2-1-3-5-12/h1-10H/b14-10-. The van der Waals surface area contributed by atoms with Gasteiger partial charge in [0.25, 0.3) is 0 Å². The maximum atomic E-state index is 11.8. The largest absolute Gasteiger partial charge is 0.402 e. The van der Waals surface area contributed by atoms with Gasteiger partial charge in [-0.2, -0.15) is 0 Å². The molecular formula is C16H10BrNO2. The van der Waals surface area contributed by atoms with Gasteiger partial charge in [0, 0.05) is 10.0 Å². The van der Waals surface area contributed by atoms with Crippen molar-refractivity contribution in [2.24, 2.45) is 4.99 Å². The molecule has 98 valence electrons. The molecule has 0 fully saturated rings. The molecule has 0 aliphatic carbocycles. The molecule has 3 nitrogen and oxygen atoms in total. The van der Waals surface area contributed by atoms with E-state index in [0.717, 1.165) is 15.6 Å². The zero-order valence-electron chi connectivity index (χ0n) is 10.4. The number of hydrogen-bond donors (Lipinski definition) is 0. The van der Waals surface area contributed by atoms with Crippen molar-refractivity contribution in [3.63, 3.8) is 0 Å². The molecule has 2 aromatic rings. The van der Waals surface area contributed by atoms with Crippen LogP contribution in [0.25, 0.3) is 6.08 Å². The highest BCUT2D eigenvalue weighted by Crippen LogP contribution is 2.20. The highest BCUT2D eigenvalue weighted by Gasteiger charge is 2.23. The molecule has 0 radical (unpaired) electrons. The Morgan fingerprint density at radius 3 is 2.40 bits per heavy atom. The number of nitrogens with zero attached hydrogens (tertiary/aromatic N) is 1. The van der Waals surface area contributed by atoms with Crippen LogP contribution in [-0.4, -0.2) is 11.9 Å². The van der Waals surface area contributed by atoms with Crippen LogP contribution in [0.5, 0.6) is 0 Å². The molecule has 0 spiro atoms. The van der Waals surface area contributed by atoms with Crippen molar-refractivity contribution in [3.05, 3.63) is 75.9 Å². The van der Waals surface area contributed by atoms with E-state index in [4.69, 9.17) is 4.74 Å². The van der Waals surface area contributed by atoms with Crippen LogP contribution in [0.15, 0.2) is 69.8 Å². The lowest BCUT2D eigenvalue weighted by molar-refractivity contribution is -0.129. The van der Waals surface area contributed by atoms with E-state index in [-0.39, 0.29) is 0 Å². The van der Waals surface area contributed by atoms with Gasteiger partial charge in [-0.1, -0.05) is 46.3 Å². The molecule has 0 saturated heterocycles. The van der Waals surface area contributed by atoms with Crippen LogP contribution in [0.2, 0.25) is 0 Å². The summed E-state index contributed by atoms with van der Waals surface area (Å²) in [7, 11) is 0. The zero-order valence-corrected chi connectivity index (χ0v) is 12.0. The van der Waals surface area contributed by atoms with E-state index in [1.807, 2.05) is 54.6 Å². The second-order valence-corrected chi connectivity index (χ2v) is 5.17. The third-order valence-electron chi connectivity index (χ3n) is 2.81. The fraction of sp³-hybridized carbons (Fsp3) is 0. The number of esters is 1. The number of ether oxygens (including phenoxy) is 1. The first-order valence-corrected chi connectivity index (χ1v) is 6.85. The molecule has 0 atom stereocenters. The zero-order chi connectivity index (χ0) is 13.9. The van der Waals surface area contributed by atoms with Gasteiger partial charge in [0.05, 0.1) is 0 Å². The number of aliphatic imine (C=N–C) groups is 1. The number of carbonyl (C=O) groups excluding carboxylic acids is 1. The maximum absolute atomic E-state index is 11.8. The van der Waals surface area contributed by atoms with Crippen LogP contribution < -0.4 is 0 Å². The van der Waals surface area contributed by atoms with Crippen LogP contribution in [0.3, 0.4) is 0 Å². The summed E-state index contributed by atoms with van der Waals surface area (Å²) in [6.45, 7) is 0. The van der Waals surface area contributed by atoms with E-state index in [1.165, 1.54) is 0 Å². The molecule has 1 heterocycles. The molecule has 20 heavy (non-hydrogen) atoms. The molecule has 3 rings (SSSR count). The molecule has 1 aliphatic heterocycles. The SMILES string of the molecule is O=C1OC(c2ccccc2)=N/C1=C\c1ccc(Br)cc1. The molecule has 0 aromatic heterocycles. The van der Waals surface area contributed by atoms with Crippen molar-refractivity contribution in [1.82, 2.24) is 0 Å². The van der Waals surface area contributed by atoms with Gasteiger partial charge < -0.3 is 4.74 Å². The van der Waals surface area contributed by atoms with E-state index in [0.29, 0.717) is 11.6 Å². The predicted octanol–water partition coefficient (Wildman–Crippen LogP) is 3.79. The molecule has 0 saturated carbocycles. The molecule has 2 aromatic carbocycles. The summed E-state index contributed by atoms with van der Waals surface area (Å²) >= 11 is 3.37. The third kappa shape index (κ3) is 2.70. The third-order valence-corrected chi connectivity index (χ3v) is 3.34. The van der Waals surface area contributed by atoms with Crippen LogP contribution in [0.1, 0.15) is 11.1 Å². The summed E-state index contributed by atoms with van der Waals surface area (Å²) in [5.41, 5.74) is 2.00. The first kappa shape index (κ1) is 12.8. The van der Waals surface area contributed by atoms with E-state index in [9.17, 15) is 4.79 Å². The predicted molar refractivity (Wildman–Crippen MR) is 81.2 cm³/mol. The minimum atomic E-state index is -0.424. The average Bonchev–Trinajstić information content (AvgIpc) is 2.84. The van der Waals surface area contributed by atoms with Crippen molar-refractivity contribution in [1.29, 1.82) is 0 Å². The van der Waals surface area contributed by atoms with Crippen LogP contribution in [0.4, 0.5) is 0 Å². The summed E-state index contributed by atoms with van der Waals surface area (Å²) in [6.07, 6.45) is 1.71. The molecule has 1 aliphatic rings. The second kappa shape index (κ2) is 5.43. The minimum Gasteiger partial charge on any atom is -0.402 e. The Morgan fingerprint density at radius 1 is 1.00 bits per heavy atom. The highest BCUT2D eigenvalue weighted by atomic mass is 79.9. The van der Waals surface area contributed by atoms with Crippen LogP contribution in [-0.2, 0) is 9.53 Å². The Bertz CT molecular complexity index is 703. The lowest BCUT2D eigenvalue weighted by Crippen LogP contribution is -2.04. The van der Waals surface area contributed by atoms with E-state index < -0.39 is 5.97 Å². The normalized spacial score (nSPS) is 16.1. The number of halogens is 1. The quantitative estimate of drug-likeness (QED) is 0.621. The summed E-state index contributed by atoms with van der Waals surface area (Å²) in [4.78, 5) is 16.1. The highest BCUT2D eigenvalue weighted by molar-refractivity contribution is 9.10. The average molecular weight is 328 g/mol. The molecule has 4 heteroatoms. The Morgan fingerprint density at radius 2 is 1.70 bits per heavy atom. The lowest BCUT2D eigenvalue weighted by Gasteiger charge is -1.97. The van der Waals surface area contributed by atoms with E-state index in [1.54, 1.807) is 6.08 Å². The summed E-state index contributed by atoms with van der Waals surface area (Å²) in [5.74, 6) is -0.0780. The van der Waals surface area contributed by atoms with Gasteiger partial charge in [-0.3, -0.25) is 0 Å². The van der Waals surface area contributed by atoms with Gasteiger partial charge in [0.1, 0.15) is 0 Å². The number of cyclic esters (lactones) is 1. The second-order valence-electron chi connectivity index (χ2n) is 4.25. The Kier molecular flexibility index (Phi) is 3.48.